The zero-order chi connectivity index (χ0) is 19.3. The summed E-state index contributed by atoms with van der Waals surface area (Å²) in [6.07, 6.45) is 3.10. The lowest BCUT2D eigenvalue weighted by molar-refractivity contribution is -0.141. The van der Waals surface area contributed by atoms with Crippen molar-refractivity contribution < 1.29 is 14.4 Å². The quantitative estimate of drug-likeness (QED) is 0.546. The van der Waals surface area contributed by atoms with Crippen molar-refractivity contribution >= 4 is 34.2 Å². The number of hydrogen-bond donors (Lipinski definition) is 2. The third kappa shape index (κ3) is 2.64. The Morgan fingerprint density at radius 2 is 1.96 bits per heavy atom. The summed E-state index contributed by atoms with van der Waals surface area (Å²) in [6.45, 7) is 5.24. The lowest BCUT2D eigenvalue weighted by Crippen LogP contribution is -2.36. The standard InChI is InChI=1S/C19H19N5O3/c1-19(2,3)17(26)14-15(12-6-7-22-23-12)24(18(27)16(14)25)10-4-5-11-13(8-10)21-9-20-11/h4-9,14-15H,1-3H3,(H,20,21)(H,22,23). The van der Waals surface area contributed by atoms with Crippen LogP contribution in [0.1, 0.15) is 32.5 Å². The molecule has 4 rings (SSSR count). The Balaban J connectivity index is 1.87. The van der Waals surface area contributed by atoms with Crippen LogP contribution < -0.4 is 4.90 Å². The fourth-order valence-electron chi connectivity index (χ4n) is 3.50. The summed E-state index contributed by atoms with van der Waals surface area (Å²) >= 11 is 0. The minimum Gasteiger partial charge on any atom is -0.345 e. The molecule has 1 fully saturated rings. The number of aromatic amines is 2. The van der Waals surface area contributed by atoms with Crippen LogP contribution in [0.4, 0.5) is 5.69 Å². The number of imidazole rings is 1. The van der Waals surface area contributed by atoms with E-state index in [-0.39, 0.29) is 5.78 Å². The Bertz CT molecular complexity index is 1040. The molecule has 0 saturated carbocycles. The molecule has 2 unspecified atom stereocenters. The Kier molecular flexibility index (Phi) is 3.73. The van der Waals surface area contributed by atoms with Crippen molar-refractivity contribution in [3.05, 3.63) is 42.5 Å². The summed E-state index contributed by atoms with van der Waals surface area (Å²) in [7, 11) is 0. The van der Waals surface area contributed by atoms with Gasteiger partial charge in [0.2, 0.25) is 5.78 Å². The fourth-order valence-corrected chi connectivity index (χ4v) is 3.50. The predicted molar refractivity (Wildman–Crippen MR) is 97.9 cm³/mol. The van der Waals surface area contributed by atoms with E-state index in [1.54, 1.807) is 51.4 Å². The Morgan fingerprint density at radius 1 is 1.19 bits per heavy atom. The number of amides is 1. The first-order valence-electron chi connectivity index (χ1n) is 8.63. The van der Waals surface area contributed by atoms with E-state index in [9.17, 15) is 14.4 Å². The van der Waals surface area contributed by atoms with Gasteiger partial charge in [-0.05, 0) is 24.3 Å². The maximum Gasteiger partial charge on any atom is 0.295 e. The second-order valence-corrected chi connectivity index (χ2v) is 7.69. The number of Topliss-reactive ketones (excluding diaryl/α,β-unsaturated/α-hetero) is 2. The lowest BCUT2D eigenvalue weighted by Gasteiger charge is -2.28. The fraction of sp³-hybridized carbons (Fsp3) is 0.316. The summed E-state index contributed by atoms with van der Waals surface area (Å²) in [5, 5.41) is 6.76. The van der Waals surface area contributed by atoms with E-state index in [4.69, 9.17) is 0 Å². The molecule has 138 valence electrons. The van der Waals surface area contributed by atoms with Gasteiger partial charge in [-0.25, -0.2) is 4.98 Å². The van der Waals surface area contributed by atoms with Crippen molar-refractivity contribution in [1.29, 1.82) is 0 Å². The molecule has 2 N–H and O–H groups in total. The number of ketones is 2. The molecule has 1 aromatic carbocycles. The molecular weight excluding hydrogens is 346 g/mol. The van der Waals surface area contributed by atoms with Gasteiger partial charge in [-0.2, -0.15) is 5.10 Å². The largest absolute Gasteiger partial charge is 0.345 e. The molecule has 2 atom stereocenters. The molecule has 3 heterocycles. The molecular formula is C19H19N5O3. The van der Waals surface area contributed by atoms with Gasteiger partial charge in [0.1, 0.15) is 5.92 Å². The van der Waals surface area contributed by atoms with E-state index in [1.807, 2.05) is 0 Å². The summed E-state index contributed by atoms with van der Waals surface area (Å²) in [6, 6.07) is 6.16. The van der Waals surface area contributed by atoms with E-state index in [2.05, 4.69) is 20.2 Å². The van der Waals surface area contributed by atoms with Crippen LogP contribution in [0.2, 0.25) is 0 Å². The number of anilines is 1. The molecule has 3 aromatic rings. The molecule has 0 bridgehead atoms. The number of H-pyrrole nitrogens is 2. The molecule has 0 radical (unpaired) electrons. The van der Waals surface area contributed by atoms with Gasteiger partial charge in [-0.1, -0.05) is 20.8 Å². The van der Waals surface area contributed by atoms with Crippen molar-refractivity contribution in [3.63, 3.8) is 0 Å². The van der Waals surface area contributed by atoms with E-state index in [0.717, 1.165) is 11.0 Å². The van der Waals surface area contributed by atoms with E-state index >= 15 is 0 Å². The first-order valence-corrected chi connectivity index (χ1v) is 8.63. The molecule has 1 aliphatic rings. The molecule has 8 heteroatoms. The second-order valence-electron chi connectivity index (χ2n) is 7.69. The van der Waals surface area contributed by atoms with E-state index in [0.29, 0.717) is 11.4 Å². The van der Waals surface area contributed by atoms with E-state index < -0.39 is 29.1 Å². The molecule has 1 aliphatic heterocycles. The first-order chi connectivity index (χ1) is 12.8. The van der Waals surface area contributed by atoms with Crippen LogP contribution in [-0.4, -0.2) is 37.6 Å². The number of benzene rings is 1. The van der Waals surface area contributed by atoms with Gasteiger partial charge in [0.05, 0.1) is 29.1 Å². The minimum atomic E-state index is -1.09. The monoisotopic (exact) mass is 365 g/mol. The van der Waals surface area contributed by atoms with Crippen molar-refractivity contribution in [2.75, 3.05) is 4.90 Å². The third-order valence-electron chi connectivity index (χ3n) is 4.85. The zero-order valence-electron chi connectivity index (χ0n) is 15.2. The SMILES string of the molecule is CC(C)(C)C(=O)C1C(=O)C(=O)N(c2ccc3nc[nH]c3c2)C1c1ccn[nH]1. The van der Waals surface area contributed by atoms with Crippen LogP contribution in [-0.2, 0) is 14.4 Å². The highest BCUT2D eigenvalue weighted by Crippen LogP contribution is 2.42. The summed E-state index contributed by atoms with van der Waals surface area (Å²) in [5.41, 5.74) is 1.79. The number of hydrogen-bond acceptors (Lipinski definition) is 5. The van der Waals surface area contributed by atoms with Crippen molar-refractivity contribution in [2.24, 2.45) is 11.3 Å². The number of fused-ring (bicyclic) bond motifs is 1. The first kappa shape index (κ1) is 17.1. The minimum absolute atomic E-state index is 0.273. The van der Waals surface area contributed by atoms with Crippen molar-refractivity contribution in [2.45, 2.75) is 26.8 Å². The van der Waals surface area contributed by atoms with Gasteiger partial charge >= 0.3 is 0 Å². The highest BCUT2D eigenvalue weighted by atomic mass is 16.2. The van der Waals surface area contributed by atoms with Crippen LogP contribution >= 0.6 is 0 Å². The topological polar surface area (TPSA) is 112 Å². The Hall–Kier alpha value is -3.29. The van der Waals surface area contributed by atoms with Crippen molar-refractivity contribution in [3.8, 4) is 0 Å². The van der Waals surface area contributed by atoms with Gasteiger partial charge in [0, 0.05) is 17.3 Å². The Labute approximate surface area is 155 Å². The number of rotatable bonds is 3. The Morgan fingerprint density at radius 3 is 2.63 bits per heavy atom. The van der Waals surface area contributed by atoms with Crippen LogP contribution in [0, 0.1) is 11.3 Å². The number of nitrogens with one attached hydrogen (secondary N) is 2. The van der Waals surface area contributed by atoms with Gasteiger partial charge in [0.25, 0.3) is 5.91 Å². The average molecular weight is 365 g/mol. The van der Waals surface area contributed by atoms with Crippen LogP contribution in [0.3, 0.4) is 0 Å². The van der Waals surface area contributed by atoms with Crippen LogP contribution in [0.25, 0.3) is 11.0 Å². The smallest absolute Gasteiger partial charge is 0.295 e. The molecule has 27 heavy (non-hydrogen) atoms. The maximum atomic E-state index is 13.0. The molecule has 1 amide bonds. The average Bonchev–Trinajstić information content (AvgIpc) is 3.33. The number of aromatic nitrogens is 4. The molecule has 2 aromatic heterocycles. The number of nitrogens with zero attached hydrogens (tertiary/aromatic N) is 3. The molecule has 8 nitrogen and oxygen atoms in total. The van der Waals surface area contributed by atoms with Gasteiger partial charge < -0.3 is 4.98 Å². The van der Waals surface area contributed by atoms with Gasteiger partial charge in [-0.15, -0.1) is 0 Å². The zero-order valence-corrected chi connectivity index (χ0v) is 15.2. The van der Waals surface area contributed by atoms with Crippen LogP contribution in [0.5, 0.6) is 0 Å². The van der Waals surface area contributed by atoms with Crippen LogP contribution in [0.15, 0.2) is 36.8 Å². The molecule has 0 aliphatic carbocycles. The van der Waals surface area contributed by atoms with Crippen molar-refractivity contribution in [1.82, 2.24) is 20.2 Å². The second kappa shape index (κ2) is 5.87. The highest BCUT2D eigenvalue weighted by molar-refractivity contribution is 6.48. The molecule has 1 saturated heterocycles. The van der Waals surface area contributed by atoms with E-state index in [1.165, 1.54) is 11.1 Å². The number of carbonyl (C=O) groups is 3. The van der Waals surface area contributed by atoms with Gasteiger partial charge in [0.15, 0.2) is 5.78 Å². The molecule has 0 spiro atoms. The predicted octanol–water partition coefficient (Wildman–Crippen LogP) is 2.17. The summed E-state index contributed by atoms with van der Waals surface area (Å²) in [4.78, 5) is 47.3. The summed E-state index contributed by atoms with van der Waals surface area (Å²) < 4.78 is 0. The maximum absolute atomic E-state index is 13.0. The highest BCUT2D eigenvalue weighted by Gasteiger charge is 2.54. The van der Waals surface area contributed by atoms with Gasteiger partial charge in [-0.3, -0.25) is 24.4 Å². The number of carbonyl (C=O) groups excluding carboxylic acids is 3. The summed E-state index contributed by atoms with van der Waals surface area (Å²) in [5.74, 6) is -2.75. The third-order valence-corrected chi connectivity index (χ3v) is 4.85. The lowest BCUT2D eigenvalue weighted by atomic mass is 9.78. The normalized spacial score (nSPS) is 20.6.